The molecule has 1 saturated heterocycles. The molecule has 4 rings (SSSR count). The van der Waals surface area contributed by atoms with E-state index in [1.54, 1.807) is 23.1 Å². The van der Waals surface area contributed by atoms with Crippen molar-refractivity contribution in [3.8, 4) is 11.3 Å². The summed E-state index contributed by atoms with van der Waals surface area (Å²) in [5, 5.41) is 9.56. The molecule has 28 heavy (non-hydrogen) atoms. The van der Waals surface area contributed by atoms with Crippen molar-refractivity contribution in [1.82, 2.24) is 9.88 Å². The Hall–Kier alpha value is -2.70. The van der Waals surface area contributed by atoms with Gasteiger partial charge in [-0.05, 0) is 37.3 Å². The minimum absolute atomic E-state index is 0.0286. The topological polar surface area (TPSA) is 83.6 Å². The molecule has 1 saturated carbocycles. The Kier molecular flexibility index (Phi) is 5.15. The van der Waals surface area contributed by atoms with Gasteiger partial charge >= 0.3 is 5.97 Å². The zero-order valence-electron chi connectivity index (χ0n) is 15.5. The number of oxazole rings is 1. The molecule has 1 aliphatic carbocycles. The van der Waals surface area contributed by atoms with Crippen LogP contribution >= 0.6 is 0 Å². The van der Waals surface area contributed by atoms with Gasteiger partial charge in [0.05, 0.1) is 11.8 Å². The SMILES string of the molecule is O=C(O)[C@@H]1C[C@H]2CCCC[C@H]2N1C(=O)CCc1ncc(-c2ccccc2F)o1. The number of carboxylic acids is 1. The Morgan fingerprint density at radius 1 is 1.25 bits per heavy atom. The van der Waals surface area contributed by atoms with Gasteiger partial charge in [-0.1, -0.05) is 25.0 Å². The molecule has 0 bridgehead atoms. The van der Waals surface area contributed by atoms with E-state index in [0.29, 0.717) is 23.6 Å². The van der Waals surface area contributed by atoms with E-state index in [1.165, 1.54) is 12.3 Å². The Bertz CT molecular complexity index is 881. The molecule has 3 atom stereocenters. The van der Waals surface area contributed by atoms with Gasteiger partial charge < -0.3 is 14.4 Å². The largest absolute Gasteiger partial charge is 0.480 e. The molecule has 0 radical (unpaired) electrons. The lowest BCUT2D eigenvalue weighted by Gasteiger charge is -2.33. The molecule has 1 aromatic carbocycles. The van der Waals surface area contributed by atoms with E-state index in [4.69, 9.17) is 4.42 Å². The molecule has 1 aromatic heterocycles. The molecule has 2 fully saturated rings. The Balaban J connectivity index is 1.44. The number of halogens is 1. The van der Waals surface area contributed by atoms with Crippen LogP contribution in [0.25, 0.3) is 11.3 Å². The molecule has 0 unspecified atom stereocenters. The van der Waals surface area contributed by atoms with Crippen LogP contribution in [0.1, 0.15) is 44.4 Å². The predicted octanol–water partition coefficient (Wildman–Crippen LogP) is 3.66. The number of carbonyl (C=O) groups is 2. The van der Waals surface area contributed by atoms with Crippen LogP contribution in [-0.4, -0.2) is 39.0 Å². The average Bonchev–Trinajstić information content (AvgIpc) is 3.31. The molecular formula is C21H23FN2O4. The second kappa shape index (κ2) is 7.73. The van der Waals surface area contributed by atoms with Crippen molar-refractivity contribution in [3.05, 3.63) is 42.2 Å². The first-order valence-corrected chi connectivity index (χ1v) is 9.78. The highest BCUT2D eigenvalue weighted by Gasteiger charge is 2.47. The maximum absolute atomic E-state index is 13.9. The summed E-state index contributed by atoms with van der Waals surface area (Å²) in [6, 6.07) is 5.56. The maximum Gasteiger partial charge on any atom is 0.326 e. The van der Waals surface area contributed by atoms with Crippen molar-refractivity contribution in [1.29, 1.82) is 0 Å². The molecule has 2 aromatic rings. The van der Waals surface area contributed by atoms with E-state index in [0.717, 1.165) is 25.7 Å². The number of fused-ring (bicyclic) bond motifs is 1. The number of benzene rings is 1. The molecule has 0 spiro atoms. The molecule has 1 N–H and O–H groups in total. The third-order valence-corrected chi connectivity index (χ3v) is 5.91. The summed E-state index contributed by atoms with van der Waals surface area (Å²) in [4.78, 5) is 30.3. The summed E-state index contributed by atoms with van der Waals surface area (Å²) in [7, 11) is 0. The van der Waals surface area contributed by atoms with Gasteiger partial charge in [-0.3, -0.25) is 4.79 Å². The van der Waals surface area contributed by atoms with Crippen LogP contribution in [0.2, 0.25) is 0 Å². The first-order chi connectivity index (χ1) is 13.5. The van der Waals surface area contributed by atoms with Crippen LogP contribution in [-0.2, 0) is 16.0 Å². The second-order valence-electron chi connectivity index (χ2n) is 7.60. The summed E-state index contributed by atoms with van der Waals surface area (Å²) in [6.45, 7) is 0. The van der Waals surface area contributed by atoms with Gasteiger partial charge in [0.25, 0.3) is 0 Å². The average molecular weight is 386 g/mol. The van der Waals surface area contributed by atoms with Crippen LogP contribution in [0.3, 0.4) is 0 Å². The zero-order valence-corrected chi connectivity index (χ0v) is 15.5. The van der Waals surface area contributed by atoms with E-state index in [9.17, 15) is 19.1 Å². The van der Waals surface area contributed by atoms with Crippen LogP contribution < -0.4 is 0 Å². The molecule has 2 heterocycles. The fraction of sp³-hybridized carbons (Fsp3) is 0.476. The van der Waals surface area contributed by atoms with Gasteiger partial charge in [0.2, 0.25) is 5.91 Å². The van der Waals surface area contributed by atoms with Gasteiger partial charge in [0.1, 0.15) is 11.9 Å². The summed E-state index contributed by atoms with van der Waals surface area (Å²) in [5.41, 5.74) is 0.322. The molecule has 1 aliphatic heterocycles. The number of carboxylic acid groups (broad SMARTS) is 1. The molecule has 6 nitrogen and oxygen atoms in total. The van der Waals surface area contributed by atoms with Gasteiger partial charge in [0, 0.05) is 18.9 Å². The number of amides is 1. The summed E-state index contributed by atoms with van der Waals surface area (Å²) in [5.74, 6) is -0.553. The molecular weight excluding hydrogens is 363 g/mol. The monoisotopic (exact) mass is 386 g/mol. The highest BCUT2D eigenvalue weighted by Crippen LogP contribution is 2.40. The van der Waals surface area contributed by atoms with E-state index in [1.807, 2.05) is 0 Å². The predicted molar refractivity (Wildman–Crippen MR) is 98.9 cm³/mol. The number of hydrogen-bond donors (Lipinski definition) is 1. The summed E-state index contributed by atoms with van der Waals surface area (Å²) < 4.78 is 19.5. The van der Waals surface area contributed by atoms with Gasteiger partial charge in [0.15, 0.2) is 11.7 Å². The number of carbonyl (C=O) groups excluding carboxylic acids is 1. The quantitative estimate of drug-likeness (QED) is 0.848. The third-order valence-electron chi connectivity index (χ3n) is 5.91. The van der Waals surface area contributed by atoms with Crippen molar-refractivity contribution in [2.75, 3.05) is 0 Å². The van der Waals surface area contributed by atoms with Gasteiger partial charge in [-0.25, -0.2) is 14.2 Å². The highest BCUT2D eigenvalue weighted by molar-refractivity contribution is 5.85. The standard InChI is InChI=1S/C21H23FN2O4/c22-15-7-3-2-6-14(15)18-12-23-19(28-18)9-10-20(25)24-16-8-4-1-5-13(16)11-17(24)21(26)27/h2-3,6-7,12-13,16-17H,1,4-5,8-11H2,(H,26,27)/t13-,16-,17+/m1/s1. The van der Waals surface area contributed by atoms with Crippen molar-refractivity contribution < 1.29 is 23.5 Å². The molecule has 2 aliphatic rings. The molecule has 148 valence electrons. The van der Waals surface area contributed by atoms with Crippen LogP contribution in [0.4, 0.5) is 4.39 Å². The first-order valence-electron chi connectivity index (χ1n) is 9.78. The first kappa shape index (κ1) is 18.7. The van der Waals surface area contributed by atoms with Crippen molar-refractivity contribution in [3.63, 3.8) is 0 Å². The number of rotatable bonds is 5. The lowest BCUT2D eigenvalue weighted by Crippen LogP contribution is -2.46. The minimum Gasteiger partial charge on any atom is -0.480 e. The van der Waals surface area contributed by atoms with E-state index in [2.05, 4.69) is 4.98 Å². The van der Waals surface area contributed by atoms with E-state index in [-0.39, 0.29) is 30.7 Å². The van der Waals surface area contributed by atoms with Crippen molar-refractivity contribution in [2.45, 2.75) is 57.0 Å². The van der Waals surface area contributed by atoms with Crippen LogP contribution in [0.5, 0.6) is 0 Å². The number of nitrogens with zero attached hydrogens (tertiary/aromatic N) is 2. The Morgan fingerprint density at radius 2 is 2.04 bits per heavy atom. The lowest BCUT2D eigenvalue weighted by atomic mass is 9.84. The molecule has 1 amide bonds. The summed E-state index contributed by atoms with van der Waals surface area (Å²) >= 11 is 0. The maximum atomic E-state index is 13.9. The van der Waals surface area contributed by atoms with E-state index >= 15 is 0 Å². The highest BCUT2D eigenvalue weighted by atomic mass is 19.1. The Labute approximate surface area is 162 Å². The van der Waals surface area contributed by atoms with Crippen molar-refractivity contribution in [2.24, 2.45) is 5.92 Å². The van der Waals surface area contributed by atoms with Gasteiger partial charge in [-0.2, -0.15) is 0 Å². The molecule has 7 heteroatoms. The fourth-order valence-electron chi connectivity index (χ4n) is 4.59. The van der Waals surface area contributed by atoms with Crippen molar-refractivity contribution >= 4 is 11.9 Å². The normalized spacial score (nSPS) is 24.2. The fourth-order valence-corrected chi connectivity index (χ4v) is 4.59. The number of hydrogen-bond acceptors (Lipinski definition) is 4. The number of aromatic nitrogens is 1. The number of aryl methyl sites for hydroxylation is 1. The third kappa shape index (κ3) is 3.53. The number of likely N-dealkylation sites (tertiary alicyclic amines) is 1. The van der Waals surface area contributed by atoms with Gasteiger partial charge in [-0.15, -0.1) is 0 Å². The zero-order chi connectivity index (χ0) is 19.7. The smallest absolute Gasteiger partial charge is 0.326 e. The summed E-state index contributed by atoms with van der Waals surface area (Å²) in [6.07, 6.45) is 6.37. The minimum atomic E-state index is -0.930. The Morgan fingerprint density at radius 3 is 2.82 bits per heavy atom. The van der Waals surface area contributed by atoms with Crippen LogP contribution in [0.15, 0.2) is 34.9 Å². The van der Waals surface area contributed by atoms with E-state index < -0.39 is 17.8 Å². The lowest BCUT2D eigenvalue weighted by molar-refractivity contribution is -0.149. The number of aliphatic carboxylic acids is 1. The second-order valence-corrected chi connectivity index (χ2v) is 7.60. The van der Waals surface area contributed by atoms with Crippen LogP contribution in [0, 0.1) is 11.7 Å².